The molecule has 0 aliphatic rings. The van der Waals surface area contributed by atoms with Gasteiger partial charge in [-0.3, -0.25) is 13.9 Å². The Morgan fingerprint density at radius 3 is 2.68 bits per heavy atom. The van der Waals surface area contributed by atoms with Crippen molar-refractivity contribution in [1.82, 2.24) is 19.1 Å². The van der Waals surface area contributed by atoms with Crippen LogP contribution in [0.5, 0.6) is 0 Å². The van der Waals surface area contributed by atoms with Crippen molar-refractivity contribution in [2.75, 3.05) is 0 Å². The number of nitrogens with one attached hydrogen (secondary N) is 1. The monoisotopic (exact) mass is 264 g/mol. The average molecular weight is 264 g/mol. The van der Waals surface area contributed by atoms with Gasteiger partial charge in [0.05, 0.1) is 0 Å². The van der Waals surface area contributed by atoms with E-state index in [1.54, 1.807) is 0 Å². The first-order valence-corrected chi connectivity index (χ1v) is 5.46. The van der Waals surface area contributed by atoms with E-state index >= 15 is 0 Å². The van der Waals surface area contributed by atoms with Crippen LogP contribution in [0.2, 0.25) is 0 Å². The van der Waals surface area contributed by atoms with E-state index in [1.807, 2.05) is 0 Å². The number of allylic oxidation sites excluding steroid dienone is 1. The minimum absolute atomic E-state index is 0.225. The Morgan fingerprint density at radius 1 is 1.37 bits per heavy atom. The van der Waals surface area contributed by atoms with Crippen LogP contribution in [0.3, 0.4) is 0 Å². The molecule has 2 heterocycles. The molecule has 0 spiro atoms. The SMILES string of the molecule is Cn1c(=O)c2[nH]c(CC=CC(=O)O)nc2n(C)c1=O. The molecule has 0 saturated heterocycles. The molecule has 0 aliphatic heterocycles. The van der Waals surface area contributed by atoms with Gasteiger partial charge < -0.3 is 10.1 Å². The van der Waals surface area contributed by atoms with Crippen molar-refractivity contribution in [3.63, 3.8) is 0 Å². The molecule has 0 bridgehead atoms. The summed E-state index contributed by atoms with van der Waals surface area (Å²) in [6.07, 6.45) is 2.63. The number of aryl methyl sites for hydroxylation is 1. The summed E-state index contributed by atoms with van der Waals surface area (Å²) in [5.74, 6) is -0.634. The number of fused-ring (bicyclic) bond motifs is 1. The lowest BCUT2D eigenvalue weighted by Gasteiger charge is -2.00. The highest BCUT2D eigenvalue weighted by Crippen LogP contribution is 2.05. The Labute approximate surface area is 106 Å². The van der Waals surface area contributed by atoms with Gasteiger partial charge >= 0.3 is 11.7 Å². The highest BCUT2D eigenvalue weighted by molar-refractivity contribution is 5.79. The van der Waals surface area contributed by atoms with Crippen molar-refractivity contribution >= 4 is 17.1 Å². The molecule has 2 N–H and O–H groups in total. The number of H-pyrrole nitrogens is 1. The molecule has 100 valence electrons. The van der Waals surface area contributed by atoms with Crippen LogP contribution in [0.4, 0.5) is 0 Å². The zero-order valence-electron chi connectivity index (χ0n) is 10.4. The van der Waals surface area contributed by atoms with Gasteiger partial charge in [-0.05, 0) is 0 Å². The summed E-state index contributed by atoms with van der Waals surface area (Å²) in [5, 5.41) is 8.48. The first kappa shape index (κ1) is 12.8. The number of aromatic amines is 1. The van der Waals surface area contributed by atoms with Gasteiger partial charge in [-0.15, -0.1) is 0 Å². The number of hydrogen-bond donors (Lipinski definition) is 2. The van der Waals surface area contributed by atoms with Crippen LogP contribution in [-0.4, -0.2) is 30.2 Å². The van der Waals surface area contributed by atoms with Crippen LogP contribution in [0.15, 0.2) is 21.7 Å². The molecule has 0 fully saturated rings. The minimum Gasteiger partial charge on any atom is -0.478 e. The number of rotatable bonds is 3. The molecule has 0 atom stereocenters. The number of carboxylic acid groups (broad SMARTS) is 1. The van der Waals surface area contributed by atoms with E-state index in [-0.39, 0.29) is 17.6 Å². The van der Waals surface area contributed by atoms with Crippen molar-refractivity contribution in [3.8, 4) is 0 Å². The fourth-order valence-electron chi connectivity index (χ4n) is 1.74. The molecular formula is C11H12N4O4. The predicted octanol–water partition coefficient (Wildman–Crippen LogP) is -0.856. The molecule has 2 aromatic heterocycles. The Bertz CT molecular complexity index is 793. The average Bonchev–Trinajstić information content (AvgIpc) is 2.77. The maximum absolute atomic E-state index is 11.9. The van der Waals surface area contributed by atoms with E-state index in [2.05, 4.69) is 9.97 Å². The van der Waals surface area contributed by atoms with E-state index in [0.717, 1.165) is 10.6 Å². The lowest BCUT2D eigenvalue weighted by Crippen LogP contribution is -2.36. The summed E-state index contributed by atoms with van der Waals surface area (Å²) < 4.78 is 2.25. The molecule has 0 aromatic carbocycles. The van der Waals surface area contributed by atoms with Crippen molar-refractivity contribution in [2.24, 2.45) is 14.1 Å². The van der Waals surface area contributed by atoms with Crippen molar-refractivity contribution in [1.29, 1.82) is 0 Å². The number of nitrogens with zero attached hydrogens (tertiary/aromatic N) is 3. The van der Waals surface area contributed by atoms with Crippen LogP contribution < -0.4 is 11.2 Å². The first-order valence-electron chi connectivity index (χ1n) is 5.46. The standard InChI is InChI=1S/C11H12N4O4/c1-14-9-8(10(18)15(2)11(14)19)12-6(13-9)4-3-5-7(16)17/h3,5H,4H2,1-2H3,(H,12,13)(H,16,17). The van der Waals surface area contributed by atoms with Gasteiger partial charge in [-0.25, -0.2) is 14.6 Å². The Balaban J connectivity index is 2.55. The van der Waals surface area contributed by atoms with Gasteiger partial charge in [0, 0.05) is 26.6 Å². The van der Waals surface area contributed by atoms with Crippen molar-refractivity contribution < 1.29 is 9.90 Å². The second-order valence-corrected chi connectivity index (χ2v) is 4.03. The molecular weight excluding hydrogens is 252 g/mol. The summed E-state index contributed by atoms with van der Waals surface area (Å²) >= 11 is 0. The maximum atomic E-state index is 11.9. The van der Waals surface area contributed by atoms with Gasteiger partial charge in [0.1, 0.15) is 11.3 Å². The minimum atomic E-state index is -1.06. The Hall–Kier alpha value is -2.64. The number of imidazole rings is 1. The summed E-state index contributed by atoms with van der Waals surface area (Å²) in [4.78, 5) is 40.8. The van der Waals surface area contributed by atoms with E-state index in [9.17, 15) is 14.4 Å². The summed E-state index contributed by atoms with van der Waals surface area (Å²) in [5.41, 5.74) is -0.439. The molecule has 2 rings (SSSR count). The molecule has 0 amide bonds. The fourth-order valence-corrected chi connectivity index (χ4v) is 1.74. The Kier molecular flexibility index (Phi) is 3.07. The molecule has 8 heteroatoms. The Morgan fingerprint density at radius 2 is 2.05 bits per heavy atom. The van der Waals surface area contributed by atoms with E-state index in [4.69, 9.17) is 5.11 Å². The predicted molar refractivity (Wildman–Crippen MR) is 67.1 cm³/mol. The fraction of sp³-hybridized carbons (Fsp3) is 0.273. The topological polar surface area (TPSA) is 110 Å². The third-order valence-corrected chi connectivity index (χ3v) is 2.72. The lowest BCUT2D eigenvalue weighted by molar-refractivity contribution is -0.131. The quantitative estimate of drug-likeness (QED) is 0.701. The zero-order chi connectivity index (χ0) is 14.2. The van der Waals surface area contributed by atoms with Gasteiger partial charge in [0.15, 0.2) is 5.65 Å². The number of hydrogen-bond acceptors (Lipinski definition) is 4. The molecule has 0 radical (unpaired) electrons. The number of aromatic nitrogens is 4. The van der Waals surface area contributed by atoms with Crippen LogP contribution >= 0.6 is 0 Å². The summed E-state index contributed by atoms with van der Waals surface area (Å²) in [7, 11) is 2.90. The van der Waals surface area contributed by atoms with Crippen LogP contribution in [-0.2, 0) is 25.3 Å². The van der Waals surface area contributed by atoms with Crippen LogP contribution in [0, 0.1) is 0 Å². The molecule has 2 aromatic rings. The maximum Gasteiger partial charge on any atom is 0.332 e. The van der Waals surface area contributed by atoms with Crippen molar-refractivity contribution in [2.45, 2.75) is 6.42 Å². The van der Waals surface area contributed by atoms with Gasteiger partial charge in [-0.1, -0.05) is 6.08 Å². The van der Waals surface area contributed by atoms with Gasteiger partial charge in [0.25, 0.3) is 5.56 Å². The largest absolute Gasteiger partial charge is 0.478 e. The van der Waals surface area contributed by atoms with Crippen molar-refractivity contribution in [3.05, 3.63) is 38.8 Å². The number of aliphatic carboxylic acids is 1. The summed E-state index contributed by atoms with van der Waals surface area (Å²) in [6.45, 7) is 0. The smallest absolute Gasteiger partial charge is 0.332 e. The van der Waals surface area contributed by atoms with Crippen LogP contribution in [0.25, 0.3) is 11.2 Å². The lowest BCUT2D eigenvalue weighted by atomic mass is 10.3. The van der Waals surface area contributed by atoms with Gasteiger partial charge in [0.2, 0.25) is 0 Å². The van der Waals surface area contributed by atoms with Crippen LogP contribution in [0.1, 0.15) is 5.82 Å². The van der Waals surface area contributed by atoms with E-state index in [1.165, 1.54) is 24.7 Å². The van der Waals surface area contributed by atoms with Gasteiger partial charge in [-0.2, -0.15) is 0 Å². The zero-order valence-corrected chi connectivity index (χ0v) is 10.4. The molecule has 19 heavy (non-hydrogen) atoms. The summed E-state index contributed by atoms with van der Waals surface area (Å²) in [6, 6.07) is 0. The highest BCUT2D eigenvalue weighted by Gasteiger charge is 2.12. The second kappa shape index (κ2) is 4.56. The second-order valence-electron chi connectivity index (χ2n) is 4.03. The normalized spacial score (nSPS) is 11.5. The number of carbonyl (C=O) groups is 1. The van der Waals surface area contributed by atoms with E-state index < -0.39 is 17.2 Å². The third kappa shape index (κ3) is 2.19. The first-order chi connectivity index (χ1) is 8.91. The van der Waals surface area contributed by atoms with E-state index in [0.29, 0.717) is 5.82 Å². The molecule has 0 aliphatic carbocycles. The highest BCUT2D eigenvalue weighted by atomic mass is 16.4. The third-order valence-electron chi connectivity index (χ3n) is 2.72. The molecule has 8 nitrogen and oxygen atoms in total. The number of carboxylic acids is 1. The molecule has 0 unspecified atom stereocenters. The molecule has 0 saturated carbocycles.